The fourth-order valence-electron chi connectivity index (χ4n) is 1.69. The Morgan fingerprint density at radius 1 is 1.31 bits per heavy atom. The highest BCUT2D eigenvalue weighted by molar-refractivity contribution is 6.30. The van der Waals surface area contributed by atoms with Crippen LogP contribution in [-0.4, -0.2) is 23.4 Å². The van der Waals surface area contributed by atoms with Gasteiger partial charge in [0.25, 0.3) is 0 Å². The number of hydrogen-bond acceptors (Lipinski definition) is 2. The Hall–Kier alpha value is -1.55. The molecule has 1 fully saturated rings. The summed E-state index contributed by atoms with van der Waals surface area (Å²) in [5.74, 6) is -0.259. The molecule has 1 atom stereocenters. The van der Waals surface area contributed by atoms with Crippen molar-refractivity contribution in [1.29, 1.82) is 0 Å². The molecule has 0 aromatic heterocycles. The van der Waals surface area contributed by atoms with Gasteiger partial charge in [-0.05, 0) is 24.6 Å². The SMILES string of the molecule is CC(c1ccc(Cl)cc1)N1CC(=O)NC1=O. The molecule has 0 bridgehead atoms. The van der Waals surface area contributed by atoms with Crippen LogP contribution in [0.4, 0.5) is 4.79 Å². The van der Waals surface area contributed by atoms with Gasteiger partial charge in [-0.25, -0.2) is 4.79 Å². The second-order valence-electron chi connectivity index (χ2n) is 3.71. The van der Waals surface area contributed by atoms with Crippen molar-refractivity contribution in [2.75, 3.05) is 6.54 Å². The van der Waals surface area contributed by atoms with E-state index in [2.05, 4.69) is 5.32 Å². The molecule has 1 unspecified atom stereocenters. The molecule has 84 valence electrons. The number of amides is 3. The minimum absolute atomic E-state index is 0.114. The zero-order chi connectivity index (χ0) is 11.7. The Bertz CT molecular complexity index is 430. The summed E-state index contributed by atoms with van der Waals surface area (Å²) in [4.78, 5) is 24.0. The van der Waals surface area contributed by atoms with E-state index >= 15 is 0 Å². The largest absolute Gasteiger partial charge is 0.325 e. The van der Waals surface area contributed by atoms with Crippen LogP contribution >= 0.6 is 11.6 Å². The zero-order valence-electron chi connectivity index (χ0n) is 8.74. The monoisotopic (exact) mass is 238 g/mol. The van der Waals surface area contributed by atoms with Crippen LogP contribution in [-0.2, 0) is 4.79 Å². The van der Waals surface area contributed by atoms with Gasteiger partial charge in [0, 0.05) is 5.02 Å². The molecule has 1 aliphatic rings. The van der Waals surface area contributed by atoms with Gasteiger partial charge in [0.05, 0.1) is 6.04 Å². The summed E-state index contributed by atoms with van der Waals surface area (Å²) < 4.78 is 0. The van der Waals surface area contributed by atoms with Crippen LogP contribution in [0.2, 0.25) is 5.02 Å². The fraction of sp³-hybridized carbons (Fsp3) is 0.273. The fourth-order valence-corrected chi connectivity index (χ4v) is 1.82. The maximum Gasteiger partial charge on any atom is 0.325 e. The summed E-state index contributed by atoms with van der Waals surface area (Å²) >= 11 is 5.78. The van der Waals surface area contributed by atoms with E-state index in [-0.39, 0.29) is 24.5 Å². The van der Waals surface area contributed by atoms with Crippen molar-refractivity contribution in [3.05, 3.63) is 34.9 Å². The van der Waals surface area contributed by atoms with Crippen LogP contribution < -0.4 is 5.32 Å². The quantitative estimate of drug-likeness (QED) is 0.801. The first-order valence-electron chi connectivity index (χ1n) is 4.94. The Morgan fingerprint density at radius 2 is 1.94 bits per heavy atom. The highest BCUT2D eigenvalue weighted by Crippen LogP contribution is 2.23. The third-order valence-electron chi connectivity index (χ3n) is 2.64. The molecule has 4 nitrogen and oxygen atoms in total. The molecule has 0 radical (unpaired) electrons. The summed E-state index contributed by atoms with van der Waals surface area (Å²) in [6, 6.07) is 6.76. The smallest absolute Gasteiger partial charge is 0.308 e. The molecule has 1 heterocycles. The predicted molar refractivity (Wildman–Crippen MR) is 60.1 cm³/mol. The van der Waals surface area contributed by atoms with Gasteiger partial charge in [0.1, 0.15) is 6.54 Å². The third kappa shape index (κ3) is 2.02. The number of halogens is 1. The Labute approximate surface area is 98.2 Å². The summed E-state index contributed by atoms with van der Waals surface area (Å²) in [7, 11) is 0. The minimum atomic E-state index is -0.340. The number of urea groups is 1. The standard InChI is InChI=1S/C11H11ClN2O2/c1-7(8-2-4-9(12)5-3-8)14-6-10(15)13-11(14)16/h2-5,7H,6H2,1H3,(H,13,15,16). The molecular weight excluding hydrogens is 228 g/mol. The molecule has 0 spiro atoms. The number of rotatable bonds is 2. The lowest BCUT2D eigenvalue weighted by Crippen LogP contribution is -2.30. The van der Waals surface area contributed by atoms with Crippen molar-refractivity contribution < 1.29 is 9.59 Å². The second kappa shape index (κ2) is 4.14. The molecule has 16 heavy (non-hydrogen) atoms. The summed E-state index contributed by atoms with van der Waals surface area (Å²) in [5.41, 5.74) is 0.953. The van der Waals surface area contributed by atoms with Gasteiger partial charge < -0.3 is 4.90 Å². The molecule has 0 aliphatic carbocycles. The Balaban J connectivity index is 2.19. The van der Waals surface area contributed by atoms with Gasteiger partial charge >= 0.3 is 6.03 Å². The number of hydrogen-bond donors (Lipinski definition) is 1. The predicted octanol–water partition coefficient (Wildman–Crippen LogP) is 1.95. The Kier molecular flexibility index (Phi) is 2.83. The average molecular weight is 239 g/mol. The Morgan fingerprint density at radius 3 is 2.44 bits per heavy atom. The first kappa shape index (κ1) is 11.0. The maximum atomic E-state index is 11.4. The van der Waals surface area contributed by atoms with Crippen LogP contribution in [0.25, 0.3) is 0 Å². The van der Waals surface area contributed by atoms with Crippen molar-refractivity contribution in [1.82, 2.24) is 10.2 Å². The van der Waals surface area contributed by atoms with Crippen molar-refractivity contribution in [2.45, 2.75) is 13.0 Å². The maximum absolute atomic E-state index is 11.4. The van der Waals surface area contributed by atoms with Crippen LogP contribution in [0.1, 0.15) is 18.5 Å². The van der Waals surface area contributed by atoms with Crippen LogP contribution in [0.5, 0.6) is 0 Å². The summed E-state index contributed by atoms with van der Waals surface area (Å²) in [6.45, 7) is 1.99. The van der Waals surface area contributed by atoms with Gasteiger partial charge in [-0.2, -0.15) is 0 Å². The molecule has 1 aliphatic heterocycles. The van der Waals surface area contributed by atoms with Gasteiger partial charge in [-0.3, -0.25) is 10.1 Å². The summed E-state index contributed by atoms with van der Waals surface area (Å²) in [6.07, 6.45) is 0. The molecule has 5 heteroatoms. The van der Waals surface area contributed by atoms with Crippen molar-refractivity contribution in [2.24, 2.45) is 0 Å². The third-order valence-corrected chi connectivity index (χ3v) is 2.89. The van der Waals surface area contributed by atoms with E-state index in [0.717, 1.165) is 5.56 Å². The molecule has 1 aromatic carbocycles. The van der Waals surface area contributed by atoms with E-state index in [1.807, 2.05) is 19.1 Å². The highest BCUT2D eigenvalue weighted by atomic mass is 35.5. The van der Waals surface area contributed by atoms with E-state index < -0.39 is 0 Å². The zero-order valence-corrected chi connectivity index (χ0v) is 9.49. The van der Waals surface area contributed by atoms with Crippen molar-refractivity contribution in [3.8, 4) is 0 Å². The molecular formula is C11H11ClN2O2. The minimum Gasteiger partial charge on any atom is -0.308 e. The second-order valence-corrected chi connectivity index (χ2v) is 4.15. The topological polar surface area (TPSA) is 49.4 Å². The first-order chi connectivity index (χ1) is 7.58. The van der Waals surface area contributed by atoms with E-state index in [1.165, 1.54) is 4.90 Å². The number of imide groups is 1. The summed E-state index contributed by atoms with van der Waals surface area (Å²) in [5, 5.41) is 2.90. The van der Waals surface area contributed by atoms with Crippen LogP contribution in [0.3, 0.4) is 0 Å². The van der Waals surface area contributed by atoms with Crippen LogP contribution in [0, 0.1) is 0 Å². The lowest BCUT2D eigenvalue weighted by molar-refractivity contribution is -0.118. The molecule has 1 aromatic rings. The van der Waals surface area contributed by atoms with Gasteiger partial charge in [0.2, 0.25) is 5.91 Å². The van der Waals surface area contributed by atoms with Crippen molar-refractivity contribution >= 4 is 23.5 Å². The molecule has 2 rings (SSSR count). The average Bonchev–Trinajstić information content (AvgIpc) is 2.58. The number of carbonyl (C=O) groups is 2. The van der Waals surface area contributed by atoms with Gasteiger partial charge in [-0.1, -0.05) is 23.7 Å². The van der Waals surface area contributed by atoms with E-state index in [9.17, 15) is 9.59 Å². The number of benzene rings is 1. The molecule has 1 N–H and O–H groups in total. The van der Waals surface area contributed by atoms with Crippen LogP contribution in [0.15, 0.2) is 24.3 Å². The van der Waals surface area contributed by atoms with E-state index in [1.54, 1.807) is 12.1 Å². The van der Waals surface area contributed by atoms with Gasteiger partial charge in [-0.15, -0.1) is 0 Å². The van der Waals surface area contributed by atoms with E-state index in [4.69, 9.17) is 11.6 Å². The van der Waals surface area contributed by atoms with Gasteiger partial charge in [0.15, 0.2) is 0 Å². The number of carbonyl (C=O) groups excluding carboxylic acids is 2. The number of nitrogens with one attached hydrogen (secondary N) is 1. The molecule has 3 amide bonds. The van der Waals surface area contributed by atoms with Crippen molar-refractivity contribution in [3.63, 3.8) is 0 Å². The normalized spacial score (nSPS) is 17.5. The highest BCUT2D eigenvalue weighted by Gasteiger charge is 2.30. The molecule has 0 saturated carbocycles. The lowest BCUT2D eigenvalue weighted by Gasteiger charge is -2.22. The molecule has 1 saturated heterocycles. The first-order valence-corrected chi connectivity index (χ1v) is 5.31. The lowest BCUT2D eigenvalue weighted by atomic mass is 10.1. The van der Waals surface area contributed by atoms with E-state index in [0.29, 0.717) is 5.02 Å². The number of nitrogens with zero attached hydrogens (tertiary/aromatic N) is 1.